The summed E-state index contributed by atoms with van der Waals surface area (Å²) in [6.07, 6.45) is 0. The lowest BCUT2D eigenvalue weighted by atomic mass is 10.2. The maximum Gasteiger partial charge on any atom is 0.376 e. The molecule has 0 aliphatic carbocycles. The zero-order chi connectivity index (χ0) is 14.5. The van der Waals surface area contributed by atoms with Crippen molar-refractivity contribution in [3.8, 4) is 0 Å². The monoisotopic (exact) mass is 335 g/mol. The minimum atomic E-state index is -0.544. The van der Waals surface area contributed by atoms with Crippen molar-refractivity contribution in [1.29, 1.82) is 0 Å². The summed E-state index contributed by atoms with van der Waals surface area (Å²) < 4.78 is 5.65. The minimum Gasteiger partial charge on any atom is -0.463 e. The van der Waals surface area contributed by atoms with E-state index >= 15 is 0 Å². The van der Waals surface area contributed by atoms with E-state index in [9.17, 15) is 4.79 Å². The third kappa shape index (κ3) is 3.54. The number of carbonyl (C=O) groups excluding carboxylic acids is 1. The van der Waals surface area contributed by atoms with Crippen molar-refractivity contribution >= 4 is 27.7 Å². The van der Waals surface area contributed by atoms with Gasteiger partial charge < -0.3 is 10.1 Å². The lowest BCUT2D eigenvalue weighted by Crippen LogP contribution is -2.11. The molecule has 1 aromatic carbocycles. The van der Waals surface area contributed by atoms with E-state index in [1.54, 1.807) is 13.0 Å². The molecular weight excluding hydrogens is 322 g/mol. The van der Waals surface area contributed by atoms with E-state index in [1.807, 2.05) is 24.3 Å². The van der Waals surface area contributed by atoms with E-state index < -0.39 is 5.97 Å². The number of carbonyl (C=O) groups is 1. The van der Waals surface area contributed by atoms with Crippen LogP contribution in [0.1, 0.15) is 21.9 Å². The average molecular weight is 336 g/mol. The van der Waals surface area contributed by atoms with Gasteiger partial charge in [0, 0.05) is 22.8 Å². The first-order valence-corrected chi connectivity index (χ1v) is 6.80. The van der Waals surface area contributed by atoms with Gasteiger partial charge in [-0.2, -0.15) is 0 Å². The Kier molecular flexibility index (Phi) is 4.68. The second-order valence-corrected chi connectivity index (χ2v) is 5.01. The Morgan fingerprint density at radius 1 is 1.35 bits per heavy atom. The van der Waals surface area contributed by atoms with Gasteiger partial charge in [0.05, 0.1) is 7.11 Å². The van der Waals surface area contributed by atoms with Crippen molar-refractivity contribution in [2.75, 3.05) is 12.4 Å². The summed E-state index contributed by atoms with van der Waals surface area (Å²) in [6.45, 7) is 2.40. The van der Waals surface area contributed by atoms with E-state index in [2.05, 4.69) is 36.0 Å². The molecule has 0 aliphatic rings. The first-order chi connectivity index (χ1) is 9.60. The highest BCUT2D eigenvalue weighted by Crippen LogP contribution is 2.17. The molecule has 0 radical (unpaired) electrons. The van der Waals surface area contributed by atoms with E-state index in [-0.39, 0.29) is 5.82 Å². The van der Waals surface area contributed by atoms with Crippen molar-refractivity contribution in [2.45, 2.75) is 13.5 Å². The summed E-state index contributed by atoms with van der Waals surface area (Å²) in [5.74, 6) is 0.105. The number of hydrogen-bond acceptors (Lipinski definition) is 5. The number of aryl methyl sites for hydroxylation is 1. The van der Waals surface area contributed by atoms with Crippen LogP contribution in [-0.4, -0.2) is 23.0 Å². The number of nitrogens with zero attached hydrogens (tertiary/aromatic N) is 2. The number of nitrogens with one attached hydrogen (secondary N) is 1. The lowest BCUT2D eigenvalue weighted by Gasteiger charge is -2.09. The molecule has 6 heteroatoms. The molecule has 20 heavy (non-hydrogen) atoms. The number of esters is 1. The Morgan fingerprint density at radius 3 is 2.80 bits per heavy atom. The van der Waals surface area contributed by atoms with Crippen LogP contribution in [0.2, 0.25) is 0 Å². The van der Waals surface area contributed by atoms with Crippen molar-refractivity contribution in [2.24, 2.45) is 0 Å². The van der Waals surface area contributed by atoms with Gasteiger partial charge in [-0.1, -0.05) is 34.1 Å². The molecule has 0 spiro atoms. The summed E-state index contributed by atoms with van der Waals surface area (Å²) in [7, 11) is 1.31. The lowest BCUT2D eigenvalue weighted by molar-refractivity contribution is 0.0586. The third-order valence-electron chi connectivity index (χ3n) is 2.64. The van der Waals surface area contributed by atoms with E-state index in [0.717, 1.165) is 10.0 Å². The standard InChI is InChI=1S/C14H14BrN3O2/c1-9-7-12(18-13(17-9)14(19)20-2)16-8-10-5-3-4-6-11(10)15/h3-7H,8H2,1-2H3,(H,16,17,18). The van der Waals surface area contributed by atoms with Crippen LogP contribution in [0.25, 0.3) is 0 Å². The number of rotatable bonds is 4. The van der Waals surface area contributed by atoms with Gasteiger partial charge in [-0.3, -0.25) is 0 Å². The highest BCUT2D eigenvalue weighted by molar-refractivity contribution is 9.10. The fraction of sp³-hybridized carbons (Fsp3) is 0.214. The molecule has 1 heterocycles. The second-order valence-electron chi connectivity index (χ2n) is 4.15. The largest absolute Gasteiger partial charge is 0.463 e. The van der Waals surface area contributed by atoms with Crippen LogP contribution in [0.5, 0.6) is 0 Å². The van der Waals surface area contributed by atoms with Gasteiger partial charge in [0.15, 0.2) is 0 Å². The Balaban J connectivity index is 2.16. The molecular formula is C14H14BrN3O2. The summed E-state index contributed by atoms with van der Waals surface area (Å²) in [5, 5.41) is 3.17. The molecule has 0 saturated heterocycles. The molecule has 0 aliphatic heterocycles. The highest BCUT2D eigenvalue weighted by atomic mass is 79.9. The number of methoxy groups -OCH3 is 1. The molecule has 2 rings (SSSR count). The molecule has 104 valence electrons. The zero-order valence-electron chi connectivity index (χ0n) is 11.2. The van der Waals surface area contributed by atoms with Crippen LogP contribution in [0.3, 0.4) is 0 Å². The van der Waals surface area contributed by atoms with Crippen LogP contribution >= 0.6 is 15.9 Å². The Labute approximate surface area is 125 Å². The fourth-order valence-corrected chi connectivity index (χ4v) is 2.09. The van der Waals surface area contributed by atoms with Gasteiger partial charge in [0.1, 0.15) is 5.82 Å². The van der Waals surface area contributed by atoms with Crippen molar-refractivity contribution in [3.63, 3.8) is 0 Å². The molecule has 0 atom stereocenters. The zero-order valence-corrected chi connectivity index (χ0v) is 12.8. The predicted molar refractivity (Wildman–Crippen MR) is 79.6 cm³/mol. The van der Waals surface area contributed by atoms with Gasteiger partial charge in [0.2, 0.25) is 5.82 Å². The number of ether oxygens (including phenoxy) is 1. The normalized spacial score (nSPS) is 10.2. The van der Waals surface area contributed by atoms with Crippen LogP contribution < -0.4 is 5.32 Å². The van der Waals surface area contributed by atoms with E-state index in [0.29, 0.717) is 18.1 Å². The minimum absolute atomic E-state index is 0.0575. The van der Waals surface area contributed by atoms with Crippen molar-refractivity contribution < 1.29 is 9.53 Å². The van der Waals surface area contributed by atoms with Crippen LogP contribution in [-0.2, 0) is 11.3 Å². The number of anilines is 1. The number of aromatic nitrogens is 2. The Morgan fingerprint density at radius 2 is 2.10 bits per heavy atom. The molecule has 0 unspecified atom stereocenters. The molecule has 0 amide bonds. The number of benzene rings is 1. The first kappa shape index (κ1) is 14.5. The summed E-state index contributed by atoms with van der Waals surface area (Å²) >= 11 is 3.49. The molecule has 0 fully saturated rings. The topological polar surface area (TPSA) is 64.1 Å². The van der Waals surface area contributed by atoms with E-state index in [1.165, 1.54) is 7.11 Å². The second kappa shape index (κ2) is 6.47. The smallest absolute Gasteiger partial charge is 0.376 e. The fourth-order valence-electron chi connectivity index (χ4n) is 1.67. The summed E-state index contributed by atoms with van der Waals surface area (Å²) in [6, 6.07) is 9.68. The molecule has 1 N–H and O–H groups in total. The van der Waals surface area contributed by atoms with Gasteiger partial charge >= 0.3 is 5.97 Å². The highest BCUT2D eigenvalue weighted by Gasteiger charge is 2.11. The maximum absolute atomic E-state index is 11.5. The molecule has 1 aromatic heterocycles. The van der Waals surface area contributed by atoms with Gasteiger partial charge in [-0.25, -0.2) is 14.8 Å². The van der Waals surface area contributed by atoms with Crippen LogP contribution in [0, 0.1) is 6.92 Å². The molecule has 0 saturated carbocycles. The number of halogens is 1. The predicted octanol–water partition coefficient (Wildman–Crippen LogP) is 2.95. The Bertz CT molecular complexity index is 632. The SMILES string of the molecule is COC(=O)c1nc(C)cc(NCc2ccccc2Br)n1. The molecule has 0 bridgehead atoms. The van der Waals surface area contributed by atoms with E-state index in [4.69, 9.17) is 0 Å². The third-order valence-corrected chi connectivity index (χ3v) is 3.41. The number of hydrogen-bond donors (Lipinski definition) is 1. The van der Waals surface area contributed by atoms with Gasteiger partial charge in [-0.15, -0.1) is 0 Å². The van der Waals surface area contributed by atoms with Crippen molar-refractivity contribution in [3.05, 3.63) is 51.9 Å². The van der Waals surface area contributed by atoms with Crippen LogP contribution in [0.4, 0.5) is 5.82 Å². The quantitative estimate of drug-likeness (QED) is 0.870. The summed E-state index contributed by atoms with van der Waals surface area (Å²) in [5.41, 5.74) is 1.80. The van der Waals surface area contributed by atoms with Gasteiger partial charge in [0.25, 0.3) is 0 Å². The average Bonchev–Trinajstić information content (AvgIpc) is 2.45. The Hall–Kier alpha value is -1.95. The molecule has 5 nitrogen and oxygen atoms in total. The summed E-state index contributed by atoms with van der Waals surface area (Å²) in [4.78, 5) is 19.6. The van der Waals surface area contributed by atoms with Crippen LogP contribution in [0.15, 0.2) is 34.8 Å². The first-order valence-electron chi connectivity index (χ1n) is 6.01. The molecule has 2 aromatic rings. The maximum atomic E-state index is 11.5. The van der Waals surface area contributed by atoms with Crippen molar-refractivity contribution in [1.82, 2.24) is 9.97 Å². The van der Waals surface area contributed by atoms with Gasteiger partial charge in [-0.05, 0) is 18.6 Å².